The molecule has 3 aromatic carbocycles. The first-order chi connectivity index (χ1) is 15.5. The predicted molar refractivity (Wildman–Crippen MR) is 137 cm³/mol. The molecule has 0 bridgehead atoms. The van der Waals surface area contributed by atoms with Crippen LogP contribution in [0.1, 0.15) is 26.7 Å². The number of allylic oxidation sites excluding steroid dienone is 5. The van der Waals surface area contributed by atoms with Crippen molar-refractivity contribution in [3.63, 3.8) is 0 Å². The van der Waals surface area contributed by atoms with Gasteiger partial charge >= 0.3 is 204 Å². The zero-order valence-electron chi connectivity index (χ0n) is 18.7. The van der Waals surface area contributed by atoms with Crippen molar-refractivity contribution >= 4 is 23.2 Å². The van der Waals surface area contributed by atoms with Gasteiger partial charge in [-0.2, -0.15) is 0 Å². The Labute approximate surface area is 203 Å². The summed E-state index contributed by atoms with van der Waals surface area (Å²) in [6, 6.07) is 33.0. The van der Waals surface area contributed by atoms with Gasteiger partial charge in [0.05, 0.1) is 0 Å². The van der Waals surface area contributed by atoms with Gasteiger partial charge in [-0.15, -0.1) is 0 Å². The van der Waals surface area contributed by atoms with E-state index >= 15 is 0 Å². The van der Waals surface area contributed by atoms with Crippen molar-refractivity contribution in [3.05, 3.63) is 126 Å². The monoisotopic (exact) mass is 612 g/mol. The van der Waals surface area contributed by atoms with Crippen LogP contribution < -0.4 is 15.9 Å². The quantitative estimate of drug-likeness (QED) is 0.283. The third-order valence-electron chi connectivity index (χ3n) is 6.14. The summed E-state index contributed by atoms with van der Waals surface area (Å²) in [5.74, 6) is 0. The summed E-state index contributed by atoms with van der Waals surface area (Å²) in [5, 5.41) is 5.33. The number of hydrogen-bond acceptors (Lipinski definition) is 0. The Balaban J connectivity index is 2.01. The van der Waals surface area contributed by atoms with Crippen LogP contribution in [0.25, 0.3) is 0 Å². The van der Waals surface area contributed by atoms with E-state index in [-0.39, 0.29) is 0 Å². The van der Waals surface area contributed by atoms with Gasteiger partial charge in [-0.05, 0) is 0 Å². The molecule has 0 amide bonds. The molecule has 0 aromatic heterocycles. The van der Waals surface area contributed by atoms with Crippen molar-refractivity contribution in [2.45, 2.75) is 26.7 Å². The van der Waals surface area contributed by atoms with Crippen LogP contribution in [0.5, 0.6) is 0 Å². The van der Waals surface area contributed by atoms with Crippen molar-refractivity contribution in [1.29, 1.82) is 0 Å². The molecule has 1 aliphatic rings. The Morgan fingerprint density at radius 3 is 1.59 bits per heavy atom. The number of benzene rings is 3. The van der Waals surface area contributed by atoms with E-state index < -0.39 is 7.26 Å². The average Bonchev–Trinajstić information content (AvgIpc) is 3.09. The summed E-state index contributed by atoms with van der Waals surface area (Å²) in [6.07, 6.45) is 6.79. The molecule has 0 N–H and O–H groups in total. The first kappa shape index (κ1) is 22.9. The van der Waals surface area contributed by atoms with Crippen molar-refractivity contribution in [2.24, 2.45) is 5.41 Å². The molecule has 0 nitrogen and oxygen atoms in total. The molecule has 0 spiro atoms. The maximum absolute atomic E-state index is 4.36. The first-order valence-corrected chi connectivity index (χ1v) is 14.0. The molecule has 0 saturated heterocycles. The van der Waals surface area contributed by atoms with Crippen molar-refractivity contribution in [3.8, 4) is 4.37 Å². The molecule has 2 heteroatoms. The summed E-state index contributed by atoms with van der Waals surface area (Å²) in [4.78, 5) is 0. The molecule has 0 atom stereocenters. The maximum atomic E-state index is 4.36. The third kappa shape index (κ3) is 4.45. The minimum atomic E-state index is -2.09. The predicted octanol–water partition coefficient (Wildman–Crippen LogP) is 6.67. The van der Waals surface area contributed by atoms with Crippen LogP contribution >= 0.6 is 7.26 Å². The average molecular weight is 611 g/mol. The molecule has 161 valence electrons. The van der Waals surface area contributed by atoms with Crippen molar-refractivity contribution in [2.75, 3.05) is 0 Å². The van der Waals surface area contributed by atoms with E-state index in [0.29, 0.717) is 5.41 Å². The van der Waals surface area contributed by atoms with Gasteiger partial charge in [0.1, 0.15) is 0 Å². The van der Waals surface area contributed by atoms with Gasteiger partial charge in [0.25, 0.3) is 0 Å². The normalized spacial score (nSPS) is 17.4. The Morgan fingerprint density at radius 1 is 0.812 bits per heavy atom. The summed E-state index contributed by atoms with van der Waals surface area (Å²) in [5.41, 5.74) is 2.94. The summed E-state index contributed by atoms with van der Waals surface area (Å²) >= 11 is 1.82. The molecular weight excluding hydrogens is 582 g/mol. The van der Waals surface area contributed by atoms with Crippen LogP contribution in [0.2, 0.25) is 0 Å². The topological polar surface area (TPSA) is 0 Å². The Bertz CT molecular complexity index is 1100. The van der Waals surface area contributed by atoms with Gasteiger partial charge in [-0.3, -0.25) is 0 Å². The van der Waals surface area contributed by atoms with E-state index in [4.69, 9.17) is 0 Å². The van der Waals surface area contributed by atoms with Crippen LogP contribution in [-0.4, -0.2) is 0 Å². The summed E-state index contributed by atoms with van der Waals surface area (Å²) in [6.45, 7) is 9.03. The summed E-state index contributed by atoms with van der Waals surface area (Å²) < 4.78 is 3.66. The van der Waals surface area contributed by atoms with Gasteiger partial charge in [0.2, 0.25) is 0 Å². The fourth-order valence-corrected chi connectivity index (χ4v) is 10.3. The van der Waals surface area contributed by atoms with E-state index in [1.54, 1.807) is 0 Å². The molecule has 1 aliphatic carbocycles. The zero-order chi connectivity index (χ0) is 22.6. The molecule has 1 saturated carbocycles. The molecule has 0 unspecified atom stereocenters. The summed E-state index contributed by atoms with van der Waals surface area (Å²) in [7, 11) is -2.09. The minimum absolute atomic E-state index is 0.294. The molecule has 3 aromatic rings. The second kappa shape index (κ2) is 9.70. The van der Waals surface area contributed by atoms with Crippen LogP contribution in [0.3, 0.4) is 0 Å². The van der Waals surface area contributed by atoms with Crippen LogP contribution in [0.4, 0.5) is 0 Å². The second-order valence-electron chi connectivity index (χ2n) is 9.13. The molecule has 32 heavy (non-hydrogen) atoms. The van der Waals surface area contributed by atoms with Crippen LogP contribution in [0, 0.1) is 9.79 Å². The van der Waals surface area contributed by atoms with Crippen molar-refractivity contribution in [1.82, 2.24) is 0 Å². The fourth-order valence-electron chi connectivity index (χ4n) is 4.77. The van der Waals surface area contributed by atoms with Gasteiger partial charge in [0, 0.05) is 0 Å². The Kier molecular flexibility index (Phi) is 6.94. The van der Waals surface area contributed by atoms with E-state index in [1.807, 2.05) is 17.9 Å². The molecule has 0 aliphatic heterocycles. The van der Waals surface area contributed by atoms with Crippen LogP contribution in [0.15, 0.2) is 126 Å². The van der Waals surface area contributed by atoms with E-state index in [2.05, 4.69) is 128 Å². The molecular formula is C30H29OsP+. The first-order valence-electron chi connectivity index (χ1n) is 11.0. The number of hydrogen-bond donors (Lipinski definition) is 0. The van der Waals surface area contributed by atoms with E-state index in [9.17, 15) is 0 Å². The molecule has 0 heterocycles. The Morgan fingerprint density at radius 2 is 1.25 bits per heavy atom. The van der Waals surface area contributed by atoms with Gasteiger partial charge in [-0.25, -0.2) is 0 Å². The SMILES string of the molecule is C=C1CC(C)(C)CC1=CC=C([C]#[Os])[P+](c1ccccc1)(c1ccccc1)c1ccccc1. The second-order valence-corrected chi connectivity index (χ2v) is 13.1. The van der Waals surface area contributed by atoms with E-state index in [1.165, 1.54) is 32.4 Å². The molecule has 0 radical (unpaired) electrons. The standard InChI is InChI=1S/C30H29P.Os/c1-24-22-30(3,4)23-26(24)21-20-25(2)31(27-14-8-5-9-15-27,28-16-10-6-11-17-28)29-18-12-7-13-19-29;/h5-21H,1,22-23H2,3-4H3;/q+1;. The van der Waals surface area contributed by atoms with Gasteiger partial charge < -0.3 is 0 Å². The van der Waals surface area contributed by atoms with Crippen LogP contribution in [-0.2, 0) is 17.9 Å². The molecule has 4 rings (SSSR count). The van der Waals surface area contributed by atoms with E-state index in [0.717, 1.165) is 12.8 Å². The Hall–Kier alpha value is -2.27. The fraction of sp³-hybridized carbons (Fsp3) is 0.167. The van der Waals surface area contributed by atoms with Crippen molar-refractivity contribution < 1.29 is 17.9 Å². The van der Waals surface area contributed by atoms with Gasteiger partial charge in [-0.1, -0.05) is 0 Å². The van der Waals surface area contributed by atoms with Gasteiger partial charge in [0.15, 0.2) is 0 Å². The zero-order valence-corrected chi connectivity index (χ0v) is 22.2. The molecule has 1 fully saturated rings. The number of rotatable bonds is 5. The third-order valence-corrected chi connectivity index (χ3v) is 11.5.